The number of aromatic nitrogens is 1. The van der Waals surface area contributed by atoms with E-state index in [0.29, 0.717) is 16.9 Å². The first-order valence-corrected chi connectivity index (χ1v) is 8.30. The Labute approximate surface area is 139 Å². The van der Waals surface area contributed by atoms with E-state index in [1.165, 1.54) is 12.3 Å². The fourth-order valence-corrected chi connectivity index (χ4v) is 3.43. The van der Waals surface area contributed by atoms with Crippen molar-refractivity contribution in [3.8, 4) is 0 Å². The number of halogens is 3. The minimum atomic E-state index is -4.42. The van der Waals surface area contributed by atoms with Gasteiger partial charge in [0, 0.05) is 12.7 Å². The maximum atomic E-state index is 13.3. The normalized spacial score (nSPS) is 15.8. The quantitative estimate of drug-likeness (QED) is 0.883. The van der Waals surface area contributed by atoms with Crippen molar-refractivity contribution in [2.45, 2.75) is 38.4 Å². The second kappa shape index (κ2) is 6.08. The Bertz CT molecular complexity index is 848. The van der Waals surface area contributed by atoms with Gasteiger partial charge in [0.15, 0.2) is 4.80 Å². The van der Waals surface area contributed by atoms with Crippen LogP contribution in [0.5, 0.6) is 0 Å². The molecular weight excluding hydrogens is 341 g/mol. The lowest BCUT2D eigenvalue weighted by atomic mass is 10.0. The summed E-state index contributed by atoms with van der Waals surface area (Å²) in [7, 11) is 0. The van der Waals surface area contributed by atoms with Gasteiger partial charge >= 0.3 is 12.1 Å². The van der Waals surface area contributed by atoms with Crippen LogP contribution in [-0.2, 0) is 12.7 Å². The van der Waals surface area contributed by atoms with Gasteiger partial charge in [0.2, 0.25) is 0 Å². The second-order valence-corrected chi connectivity index (χ2v) is 6.63. The van der Waals surface area contributed by atoms with Gasteiger partial charge in [-0.2, -0.15) is 13.2 Å². The number of thiazole rings is 1. The molecule has 0 atom stereocenters. The molecule has 24 heavy (non-hydrogen) atoms. The van der Waals surface area contributed by atoms with Crippen molar-refractivity contribution in [1.29, 1.82) is 0 Å². The van der Waals surface area contributed by atoms with Crippen LogP contribution in [0.25, 0.3) is 0 Å². The minimum Gasteiger partial charge on any atom is -0.477 e. The third-order valence-electron chi connectivity index (χ3n) is 3.86. The van der Waals surface area contributed by atoms with E-state index in [4.69, 9.17) is 5.11 Å². The molecule has 1 heterocycles. The number of hydrogen-bond acceptors (Lipinski definition) is 3. The molecule has 0 amide bonds. The van der Waals surface area contributed by atoms with Crippen molar-refractivity contribution in [1.82, 2.24) is 4.57 Å². The highest BCUT2D eigenvalue weighted by molar-refractivity contribution is 7.11. The summed E-state index contributed by atoms with van der Waals surface area (Å²) in [5.41, 5.74) is -0.153. The molecule has 0 spiro atoms. The molecule has 3 rings (SSSR count). The standard InChI is InChI=1S/C16H15F3N2O2S/c1-2-21-8-13(14(22)23)24-15(21)20-10-5-6-11(9-3-4-9)12(7-10)16(17,18)19/h5-9H,2-4H2,1H3,(H,22,23)/b20-15-. The van der Waals surface area contributed by atoms with Crippen molar-refractivity contribution < 1.29 is 23.1 Å². The largest absolute Gasteiger partial charge is 0.477 e. The molecule has 8 heteroatoms. The average Bonchev–Trinajstić information content (AvgIpc) is 3.27. The molecule has 4 nitrogen and oxygen atoms in total. The number of rotatable bonds is 4. The monoisotopic (exact) mass is 356 g/mol. The van der Waals surface area contributed by atoms with Crippen LogP contribution in [0.15, 0.2) is 29.4 Å². The smallest absolute Gasteiger partial charge is 0.416 e. The Morgan fingerprint density at radius 2 is 2.12 bits per heavy atom. The van der Waals surface area contributed by atoms with E-state index in [0.717, 1.165) is 30.2 Å². The van der Waals surface area contributed by atoms with Gasteiger partial charge in [-0.3, -0.25) is 0 Å². The highest BCUT2D eigenvalue weighted by atomic mass is 32.1. The summed E-state index contributed by atoms with van der Waals surface area (Å²) in [5.74, 6) is -1.10. The summed E-state index contributed by atoms with van der Waals surface area (Å²) >= 11 is 0.939. The van der Waals surface area contributed by atoms with E-state index in [2.05, 4.69) is 4.99 Å². The van der Waals surface area contributed by atoms with Crippen molar-refractivity contribution in [3.63, 3.8) is 0 Å². The molecule has 1 aliphatic rings. The van der Waals surface area contributed by atoms with Gasteiger partial charge < -0.3 is 9.67 Å². The molecule has 2 aromatic rings. The third-order valence-corrected chi connectivity index (χ3v) is 4.86. The van der Waals surface area contributed by atoms with Crippen LogP contribution >= 0.6 is 11.3 Å². The molecule has 1 aromatic carbocycles. The number of carbonyl (C=O) groups is 1. The van der Waals surface area contributed by atoms with Gasteiger partial charge in [-0.25, -0.2) is 9.79 Å². The van der Waals surface area contributed by atoms with E-state index in [1.807, 2.05) is 6.92 Å². The third kappa shape index (κ3) is 3.38. The summed E-state index contributed by atoms with van der Waals surface area (Å²) in [6.07, 6.45) is -1.43. The Hall–Kier alpha value is -2.09. The molecule has 1 saturated carbocycles. The predicted octanol–water partition coefficient (Wildman–Crippen LogP) is 4.40. The van der Waals surface area contributed by atoms with Crippen molar-refractivity contribution in [2.24, 2.45) is 4.99 Å². The first kappa shape index (κ1) is 16.8. The van der Waals surface area contributed by atoms with Crippen LogP contribution < -0.4 is 4.80 Å². The lowest BCUT2D eigenvalue weighted by Gasteiger charge is -2.12. The summed E-state index contributed by atoms with van der Waals surface area (Å²) in [6.45, 7) is 2.30. The van der Waals surface area contributed by atoms with Gasteiger partial charge in [0.05, 0.1) is 11.3 Å². The Morgan fingerprint density at radius 1 is 1.42 bits per heavy atom. The van der Waals surface area contributed by atoms with E-state index in [1.54, 1.807) is 10.6 Å². The number of benzene rings is 1. The van der Waals surface area contributed by atoms with Gasteiger partial charge in [-0.05, 0) is 43.4 Å². The van der Waals surface area contributed by atoms with Crippen molar-refractivity contribution >= 4 is 23.0 Å². The van der Waals surface area contributed by atoms with Crippen LogP contribution in [0.3, 0.4) is 0 Å². The van der Waals surface area contributed by atoms with E-state index in [9.17, 15) is 18.0 Å². The number of hydrogen-bond donors (Lipinski definition) is 1. The predicted molar refractivity (Wildman–Crippen MR) is 83.6 cm³/mol. The maximum absolute atomic E-state index is 13.3. The zero-order valence-electron chi connectivity index (χ0n) is 12.8. The Kier molecular flexibility index (Phi) is 4.25. The minimum absolute atomic E-state index is 0.0170. The van der Waals surface area contributed by atoms with Gasteiger partial charge in [0.1, 0.15) is 4.88 Å². The molecule has 128 valence electrons. The number of aromatic carboxylic acids is 1. The zero-order valence-corrected chi connectivity index (χ0v) is 13.6. The molecule has 1 fully saturated rings. The summed E-state index contributed by atoms with van der Waals surface area (Å²) in [4.78, 5) is 15.7. The molecule has 0 unspecified atom stereocenters. The zero-order chi connectivity index (χ0) is 17.5. The van der Waals surface area contributed by atoms with Gasteiger partial charge in [-0.15, -0.1) is 0 Å². The second-order valence-electron chi connectivity index (χ2n) is 5.62. The number of alkyl halides is 3. The average molecular weight is 356 g/mol. The van der Waals surface area contributed by atoms with E-state index in [-0.39, 0.29) is 16.5 Å². The number of aryl methyl sites for hydroxylation is 1. The maximum Gasteiger partial charge on any atom is 0.416 e. The molecule has 0 saturated heterocycles. The molecule has 1 aliphatic carbocycles. The molecule has 1 N–H and O–H groups in total. The lowest BCUT2D eigenvalue weighted by molar-refractivity contribution is -0.138. The van der Waals surface area contributed by atoms with Crippen molar-refractivity contribution in [3.05, 3.63) is 45.2 Å². The summed E-state index contributed by atoms with van der Waals surface area (Å²) in [5, 5.41) is 9.05. The fourth-order valence-electron chi connectivity index (χ4n) is 2.51. The van der Waals surface area contributed by atoms with Gasteiger partial charge in [0.25, 0.3) is 0 Å². The van der Waals surface area contributed by atoms with Crippen LogP contribution in [0.2, 0.25) is 0 Å². The van der Waals surface area contributed by atoms with Crippen molar-refractivity contribution in [2.75, 3.05) is 0 Å². The molecule has 0 bridgehead atoms. The van der Waals surface area contributed by atoms with E-state index >= 15 is 0 Å². The topological polar surface area (TPSA) is 54.6 Å². The molecule has 0 radical (unpaired) electrons. The highest BCUT2D eigenvalue weighted by Crippen LogP contribution is 2.46. The van der Waals surface area contributed by atoms with Crippen LogP contribution in [0.4, 0.5) is 18.9 Å². The van der Waals surface area contributed by atoms with E-state index < -0.39 is 17.7 Å². The van der Waals surface area contributed by atoms with Gasteiger partial charge in [-0.1, -0.05) is 17.4 Å². The Morgan fingerprint density at radius 3 is 2.67 bits per heavy atom. The summed E-state index contributed by atoms with van der Waals surface area (Å²) in [6, 6.07) is 4.10. The Balaban J connectivity index is 2.09. The first-order valence-electron chi connectivity index (χ1n) is 7.49. The number of carboxylic acids is 1. The molecular formula is C16H15F3N2O2S. The number of nitrogens with zero attached hydrogens (tertiary/aromatic N) is 2. The van der Waals surface area contributed by atoms with Crippen LogP contribution in [0, 0.1) is 0 Å². The fraction of sp³-hybridized carbons (Fsp3) is 0.375. The van der Waals surface area contributed by atoms with Crippen LogP contribution in [0.1, 0.15) is 46.5 Å². The number of carboxylic acid groups (broad SMARTS) is 1. The van der Waals surface area contributed by atoms with Crippen LogP contribution in [-0.4, -0.2) is 15.6 Å². The highest BCUT2D eigenvalue weighted by Gasteiger charge is 2.38. The summed E-state index contributed by atoms with van der Waals surface area (Å²) < 4.78 is 41.5. The molecule has 1 aromatic heterocycles. The SMILES string of the molecule is CCn1cc(C(=O)O)s/c1=N\c1ccc(C2CC2)c(C(F)(F)F)c1. The first-order chi connectivity index (χ1) is 11.3. The molecule has 0 aliphatic heterocycles. The lowest BCUT2D eigenvalue weighted by Crippen LogP contribution is -2.12.